The normalized spacial score (nSPS) is 22.9. The molecule has 0 radical (unpaired) electrons. The first kappa shape index (κ1) is 18.6. The van der Waals surface area contributed by atoms with Crippen molar-refractivity contribution in [1.29, 1.82) is 0 Å². The number of sulfonamides is 1. The molecule has 27 heavy (non-hydrogen) atoms. The Balaban J connectivity index is 1.28. The zero-order valence-corrected chi connectivity index (χ0v) is 16.6. The molecule has 0 aromatic carbocycles. The number of carbonyl (C=O) groups excluding carboxylic acids is 1. The average molecular weight is 394 g/mol. The van der Waals surface area contributed by atoms with E-state index in [1.54, 1.807) is 0 Å². The van der Waals surface area contributed by atoms with Gasteiger partial charge in [0.25, 0.3) is 0 Å². The Bertz CT molecular complexity index is 778. The van der Waals surface area contributed by atoms with Crippen molar-refractivity contribution in [1.82, 2.24) is 19.4 Å². The summed E-state index contributed by atoms with van der Waals surface area (Å²) in [5.41, 5.74) is 1.09. The predicted octanol–water partition coefficient (Wildman–Crippen LogP) is 0.674. The van der Waals surface area contributed by atoms with Crippen molar-refractivity contribution >= 4 is 21.7 Å². The number of carbonyl (C=O) groups is 1. The van der Waals surface area contributed by atoms with E-state index in [1.165, 1.54) is 23.4 Å². The highest BCUT2D eigenvalue weighted by Gasteiger charge is 2.33. The Morgan fingerprint density at radius 2 is 1.63 bits per heavy atom. The standard InChI is InChI=1S/C18H27N5O3S/c1-27(25,26)23-8-6-15(7-9-23)18(24)22-12-10-21(11-13-22)17-5-4-16(19-20-17)14-2-3-14/h4-5,14-15H,2-3,6-13H2,1H3. The van der Waals surface area contributed by atoms with Crippen molar-refractivity contribution in [3.63, 3.8) is 0 Å². The van der Waals surface area contributed by atoms with Crippen LogP contribution < -0.4 is 4.90 Å². The fourth-order valence-corrected chi connectivity index (χ4v) is 4.82. The van der Waals surface area contributed by atoms with Crippen LogP contribution in [0.15, 0.2) is 12.1 Å². The fourth-order valence-electron chi connectivity index (χ4n) is 3.95. The average Bonchev–Trinajstić information content (AvgIpc) is 3.52. The molecule has 0 atom stereocenters. The molecular weight excluding hydrogens is 366 g/mol. The van der Waals surface area contributed by atoms with Crippen molar-refractivity contribution in [3.05, 3.63) is 17.8 Å². The highest BCUT2D eigenvalue weighted by atomic mass is 32.2. The van der Waals surface area contributed by atoms with Gasteiger partial charge in [-0.25, -0.2) is 12.7 Å². The highest BCUT2D eigenvalue weighted by molar-refractivity contribution is 7.88. The Kier molecular flexibility index (Phi) is 5.07. The number of hydrogen-bond acceptors (Lipinski definition) is 6. The number of aromatic nitrogens is 2. The minimum Gasteiger partial charge on any atom is -0.352 e. The number of nitrogens with zero attached hydrogens (tertiary/aromatic N) is 5. The van der Waals surface area contributed by atoms with E-state index in [9.17, 15) is 13.2 Å². The lowest BCUT2D eigenvalue weighted by Gasteiger charge is -2.38. The molecular formula is C18H27N5O3S. The number of anilines is 1. The fraction of sp³-hybridized carbons (Fsp3) is 0.722. The largest absolute Gasteiger partial charge is 0.352 e. The van der Waals surface area contributed by atoms with Crippen molar-refractivity contribution in [2.24, 2.45) is 5.92 Å². The maximum Gasteiger partial charge on any atom is 0.225 e. The van der Waals surface area contributed by atoms with Gasteiger partial charge in [0.15, 0.2) is 5.82 Å². The summed E-state index contributed by atoms with van der Waals surface area (Å²) in [5.74, 6) is 1.59. The van der Waals surface area contributed by atoms with E-state index in [0.717, 1.165) is 24.6 Å². The lowest BCUT2D eigenvalue weighted by Crippen LogP contribution is -2.52. The molecule has 8 nitrogen and oxygen atoms in total. The van der Waals surface area contributed by atoms with E-state index in [-0.39, 0.29) is 11.8 Å². The van der Waals surface area contributed by atoms with Crippen LogP contribution in [0.2, 0.25) is 0 Å². The Hall–Kier alpha value is -1.74. The van der Waals surface area contributed by atoms with Crippen molar-refractivity contribution < 1.29 is 13.2 Å². The van der Waals surface area contributed by atoms with Gasteiger partial charge in [-0.15, -0.1) is 5.10 Å². The van der Waals surface area contributed by atoms with Gasteiger partial charge >= 0.3 is 0 Å². The first-order valence-corrected chi connectivity index (χ1v) is 11.6. The zero-order chi connectivity index (χ0) is 19.0. The Morgan fingerprint density at radius 3 is 2.15 bits per heavy atom. The zero-order valence-electron chi connectivity index (χ0n) is 15.7. The summed E-state index contributed by atoms with van der Waals surface area (Å²) in [4.78, 5) is 16.9. The van der Waals surface area contributed by atoms with E-state index in [0.29, 0.717) is 44.9 Å². The van der Waals surface area contributed by atoms with E-state index >= 15 is 0 Å². The molecule has 0 spiro atoms. The lowest BCUT2D eigenvalue weighted by molar-refractivity contribution is -0.137. The molecule has 0 N–H and O–H groups in total. The molecule has 2 aliphatic heterocycles. The topological polar surface area (TPSA) is 86.7 Å². The first-order chi connectivity index (χ1) is 12.9. The Labute approximate surface area is 160 Å². The van der Waals surface area contributed by atoms with E-state index in [1.807, 2.05) is 11.0 Å². The molecule has 0 bridgehead atoms. The number of hydrogen-bond donors (Lipinski definition) is 0. The predicted molar refractivity (Wildman–Crippen MR) is 102 cm³/mol. The van der Waals surface area contributed by atoms with E-state index in [4.69, 9.17) is 0 Å². The van der Waals surface area contributed by atoms with Gasteiger partial charge in [-0.1, -0.05) is 0 Å². The second-order valence-corrected chi connectivity index (χ2v) is 9.82. The smallest absolute Gasteiger partial charge is 0.225 e. The monoisotopic (exact) mass is 393 g/mol. The van der Waals surface area contributed by atoms with Gasteiger partial charge in [0.05, 0.1) is 11.9 Å². The van der Waals surface area contributed by atoms with Gasteiger partial charge in [-0.05, 0) is 37.8 Å². The van der Waals surface area contributed by atoms with Gasteiger partial charge < -0.3 is 9.80 Å². The van der Waals surface area contributed by atoms with Gasteiger partial charge in [0, 0.05) is 51.1 Å². The molecule has 1 saturated carbocycles. The highest BCUT2D eigenvalue weighted by Crippen LogP contribution is 2.38. The van der Waals surface area contributed by atoms with Crippen LogP contribution in [-0.4, -0.2) is 79.3 Å². The van der Waals surface area contributed by atoms with Crippen molar-refractivity contribution in [3.8, 4) is 0 Å². The van der Waals surface area contributed by atoms with Gasteiger partial charge in [0.2, 0.25) is 15.9 Å². The molecule has 1 aliphatic carbocycles. The van der Waals surface area contributed by atoms with Crippen LogP contribution in [-0.2, 0) is 14.8 Å². The van der Waals surface area contributed by atoms with Crippen LogP contribution in [0, 0.1) is 5.92 Å². The second-order valence-electron chi connectivity index (χ2n) is 7.84. The van der Waals surface area contributed by atoms with Crippen LogP contribution in [0.5, 0.6) is 0 Å². The van der Waals surface area contributed by atoms with E-state index in [2.05, 4.69) is 21.2 Å². The maximum absolute atomic E-state index is 12.8. The quantitative estimate of drug-likeness (QED) is 0.747. The third-order valence-electron chi connectivity index (χ3n) is 5.85. The van der Waals surface area contributed by atoms with Crippen molar-refractivity contribution in [2.75, 3.05) is 50.4 Å². The molecule has 2 saturated heterocycles. The van der Waals surface area contributed by atoms with Crippen LogP contribution in [0.1, 0.15) is 37.3 Å². The first-order valence-electron chi connectivity index (χ1n) is 9.74. The summed E-state index contributed by atoms with van der Waals surface area (Å²) in [6, 6.07) is 4.12. The number of piperazine rings is 1. The van der Waals surface area contributed by atoms with Crippen LogP contribution >= 0.6 is 0 Å². The van der Waals surface area contributed by atoms with Crippen LogP contribution in [0.25, 0.3) is 0 Å². The lowest BCUT2D eigenvalue weighted by atomic mass is 9.96. The SMILES string of the molecule is CS(=O)(=O)N1CCC(C(=O)N2CCN(c3ccc(C4CC4)nn3)CC2)CC1. The number of rotatable bonds is 4. The molecule has 0 unspecified atom stereocenters. The summed E-state index contributed by atoms with van der Waals surface area (Å²) in [6.07, 6.45) is 4.89. The number of amides is 1. The maximum atomic E-state index is 12.8. The molecule has 3 aliphatic rings. The minimum atomic E-state index is -3.15. The molecule has 3 fully saturated rings. The molecule has 1 aromatic rings. The molecule has 9 heteroatoms. The van der Waals surface area contributed by atoms with Gasteiger partial charge in [-0.2, -0.15) is 5.10 Å². The van der Waals surface area contributed by atoms with E-state index < -0.39 is 10.0 Å². The summed E-state index contributed by atoms with van der Waals surface area (Å²) in [6.45, 7) is 3.75. The molecule has 1 aromatic heterocycles. The molecule has 1 amide bonds. The molecule has 148 valence electrons. The van der Waals surface area contributed by atoms with Crippen LogP contribution in [0.3, 0.4) is 0 Å². The molecule has 3 heterocycles. The van der Waals surface area contributed by atoms with Crippen LogP contribution in [0.4, 0.5) is 5.82 Å². The van der Waals surface area contributed by atoms with Gasteiger partial charge in [0.1, 0.15) is 0 Å². The van der Waals surface area contributed by atoms with Gasteiger partial charge in [-0.3, -0.25) is 4.79 Å². The third kappa shape index (κ3) is 4.24. The summed E-state index contributed by atoms with van der Waals surface area (Å²) in [7, 11) is -3.15. The summed E-state index contributed by atoms with van der Waals surface area (Å²) < 4.78 is 24.7. The van der Waals surface area contributed by atoms with Crippen molar-refractivity contribution in [2.45, 2.75) is 31.6 Å². The third-order valence-corrected chi connectivity index (χ3v) is 7.16. The second kappa shape index (κ2) is 7.35. The Morgan fingerprint density at radius 1 is 0.963 bits per heavy atom. The summed E-state index contributed by atoms with van der Waals surface area (Å²) >= 11 is 0. The number of piperidine rings is 1. The molecule has 4 rings (SSSR count). The minimum absolute atomic E-state index is 0.0628. The summed E-state index contributed by atoms with van der Waals surface area (Å²) in [5, 5.41) is 8.71.